The Hall–Kier alpha value is -4.64. The number of benzene rings is 6. The molecular formula is C40H30F6O4P2Pd. The third-order valence-electron chi connectivity index (χ3n) is 6.55. The third kappa shape index (κ3) is 15.5. The number of hydrogen-bond acceptors (Lipinski definition) is 4. The molecule has 0 aliphatic rings. The van der Waals surface area contributed by atoms with Gasteiger partial charge in [0.25, 0.3) is 0 Å². The maximum absolute atomic E-state index is 10.5. The Kier molecular flexibility index (Phi) is 18.8. The summed E-state index contributed by atoms with van der Waals surface area (Å²) < 4.78 is 63.1. The largest absolute Gasteiger partial charge is 2.00 e. The van der Waals surface area contributed by atoms with E-state index in [0.29, 0.717) is 0 Å². The molecular weight excluding hydrogens is 827 g/mol. The molecule has 0 bridgehead atoms. The molecule has 0 heterocycles. The predicted octanol–water partition coefficient (Wildman–Crippen LogP) is 5.48. The van der Waals surface area contributed by atoms with Gasteiger partial charge in [-0.05, 0) is 47.7 Å². The van der Waals surface area contributed by atoms with Gasteiger partial charge in [-0.25, -0.2) is 0 Å². The zero-order chi connectivity index (χ0) is 38.0. The van der Waals surface area contributed by atoms with Crippen molar-refractivity contribution in [1.82, 2.24) is 0 Å². The van der Waals surface area contributed by atoms with Gasteiger partial charge in [-0.15, -0.1) is 0 Å². The van der Waals surface area contributed by atoms with Crippen molar-refractivity contribution in [3.63, 3.8) is 0 Å². The summed E-state index contributed by atoms with van der Waals surface area (Å²) in [7, 11) is -0.892. The first-order valence-electron chi connectivity index (χ1n) is 15.3. The molecule has 6 aromatic rings. The minimum Gasteiger partial charge on any atom is -0.542 e. The monoisotopic (exact) mass is 856 g/mol. The van der Waals surface area contributed by atoms with Crippen molar-refractivity contribution in [3.05, 3.63) is 182 Å². The quantitative estimate of drug-likeness (QED) is 0.126. The van der Waals surface area contributed by atoms with Gasteiger partial charge in [0.2, 0.25) is 0 Å². The van der Waals surface area contributed by atoms with E-state index in [1.165, 1.54) is 31.8 Å². The van der Waals surface area contributed by atoms with Crippen molar-refractivity contribution >= 4 is 59.6 Å². The molecule has 0 spiro atoms. The van der Waals surface area contributed by atoms with Gasteiger partial charge >= 0.3 is 32.8 Å². The molecule has 53 heavy (non-hydrogen) atoms. The second-order valence-electron chi connectivity index (χ2n) is 10.3. The Balaban J connectivity index is 0.000000269. The van der Waals surface area contributed by atoms with Crippen molar-refractivity contribution in [3.8, 4) is 0 Å². The zero-order valence-electron chi connectivity index (χ0n) is 27.4. The minimum atomic E-state index is -5.19. The molecule has 0 saturated carbocycles. The van der Waals surface area contributed by atoms with Gasteiger partial charge in [0, 0.05) is 0 Å². The van der Waals surface area contributed by atoms with Crippen molar-refractivity contribution in [2.45, 2.75) is 12.4 Å². The van der Waals surface area contributed by atoms with Crippen LogP contribution < -0.4 is 42.0 Å². The molecule has 4 nitrogen and oxygen atoms in total. The van der Waals surface area contributed by atoms with E-state index in [1.807, 2.05) is 0 Å². The van der Waals surface area contributed by atoms with Crippen LogP contribution in [0.15, 0.2) is 182 Å². The summed E-state index contributed by atoms with van der Waals surface area (Å²) in [6.45, 7) is 0. The molecule has 0 aromatic heterocycles. The summed E-state index contributed by atoms with van der Waals surface area (Å²) >= 11 is 0. The van der Waals surface area contributed by atoms with Crippen LogP contribution in [0.5, 0.6) is 0 Å². The molecule has 6 aromatic carbocycles. The fraction of sp³-hybridized carbons (Fsp3) is 0.0500. The van der Waals surface area contributed by atoms with Gasteiger partial charge in [0.05, 0.1) is 0 Å². The third-order valence-corrected chi connectivity index (χ3v) is 11.4. The molecule has 6 rings (SSSR count). The van der Waals surface area contributed by atoms with Crippen molar-refractivity contribution in [1.29, 1.82) is 0 Å². The zero-order valence-corrected chi connectivity index (χ0v) is 30.8. The topological polar surface area (TPSA) is 80.3 Å². The smallest absolute Gasteiger partial charge is 0.542 e. The summed E-state index contributed by atoms with van der Waals surface area (Å²) in [5.74, 6) is -6.01. The number of aliphatic carboxylic acids is 2. The van der Waals surface area contributed by atoms with Crippen LogP contribution in [0.25, 0.3) is 0 Å². The van der Waals surface area contributed by atoms with Crippen LogP contribution in [0.2, 0.25) is 0 Å². The van der Waals surface area contributed by atoms with E-state index in [0.717, 1.165) is 0 Å². The number of alkyl halides is 6. The maximum atomic E-state index is 10.5. The average molecular weight is 857 g/mol. The molecule has 0 fully saturated rings. The van der Waals surface area contributed by atoms with Gasteiger partial charge in [0.1, 0.15) is 11.9 Å². The van der Waals surface area contributed by atoms with Crippen molar-refractivity contribution in [2.75, 3.05) is 0 Å². The van der Waals surface area contributed by atoms with Crippen molar-refractivity contribution in [2.24, 2.45) is 0 Å². The maximum Gasteiger partial charge on any atom is 2.00 e. The molecule has 0 N–H and O–H groups in total. The Bertz CT molecular complexity index is 1580. The van der Waals surface area contributed by atoms with Crippen LogP contribution in [-0.2, 0) is 30.0 Å². The molecule has 0 radical (unpaired) electrons. The number of carbonyl (C=O) groups excluding carboxylic acids is 2. The molecule has 276 valence electrons. The molecule has 0 aliphatic carbocycles. The first-order chi connectivity index (χ1) is 24.8. The van der Waals surface area contributed by atoms with E-state index in [4.69, 9.17) is 19.8 Å². The normalized spacial score (nSPS) is 10.6. The molecule has 0 atom stereocenters. The number of carboxylic acid groups (broad SMARTS) is 2. The summed E-state index contributed by atoms with van der Waals surface area (Å²) in [6.07, 6.45) is -10.4. The Morgan fingerprint density at radius 1 is 0.340 bits per heavy atom. The molecule has 0 unspecified atom stereocenters. The summed E-state index contributed by atoms with van der Waals surface area (Å²) in [6, 6.07) is 64.7. The van der Waals surface area contributed by atoms with Crippen LogP contribution in [0.3, 0.4) is 0 Å². The van der Waals surface area contributed by atoms with E-state index in [-0.39, 0.29) is 20.4 Å². The number of hydrogen-bond donors (Lipinski definition) is 0. The average Bonchev–Trinajstić information content (AvgIpc) is 3.15. The first kappa shape index (κ1) is 44.5. The molecule has 0 aliphatic heterocycles. The SMILES string of the molecule is O=C([O-])C(F)(F)F.O=C([O-])C(F)(F)F.[Pd+2].c1ccc(P(c2ccccc2)c2ccccc2)cc1.c1ccc(P(c2ccccc2)c2ccccc2)cc1. The van der Waals surface area contributed by atoms with Crippen LogP contribution in [0, 0.1) is 0 Å². The van der Waals surface area contributed by atoms with Gasteiger partial charge in [-0.3, -0.25) is 0 Å². The Morgan fingerprint density at radius 3 is 0.547 bits per heavy atom. The van der Waals surface area contributed by atoms with Gasteiger partial charge in [0.15, 0.2) is 0 Å². The predicted molar refractivity (Wildman–Crippen MR) is 192 cm³/mol. The number of rotatable bonds is 6. The first-order valence-corrected chi connectivity index (χ1v) is 17.9. The molecule has 0 amide bonds. The molecule has 0 saturated heterocycles. The van der Waals surface area contributed by atoms with E-state index < -0.39 is 40.1 Å². The number of carbonyl (C=O) groups is 2. The van der Waals surface area contributed by atoms with E-state index in [9.17, 15) is 26.3 Å². The van der Waals surface area contributed by atoms with Crippen LogP contribution in [0.1, 0.15) is 0 Å². The van der Waals surface area contributed by atoms with Gasteiger partial charge < -0.3 is 19.8 Å². The van der Waals surface area contributed by atoms with Gasteiger partial charge in [-0.2, -0.15) is 26.3 Å². The van der Waals surface area contributed by atoms with E-state index in [2.05, 4.69) is 182 Å². The second kappa shape index (κ2) is 22.4. The fourth-order valence-corrected chi connectivity index (χ4v) is 8.97. The Morgan fingerprint density at radius 2 is 0.453 bits per heavy atom. The fourth-order valence-electron chi connectivity index (χ4n) is 4.36. The second-order valence-corrected chi connectivity index (χ2v) is 14.7. The Labute approximate surface area is 319 Å². The summed E-state index contributed by atoms with van der Waals surface area (Å²) in [5.41, 5.74) is 0. The standard InChI is InChI=1S/2C18H15P.2C2HF3O2.Pd/c2*1-4-10-16(11-5-1)19(17-12-6-2-7-13-17)18-14-8-3-9-15-18;2*3-2(4,5)1(6)7;/h2*1-15H;2*(H,6,7);/q;;;;+2/p-2. The van der Waals surface area contributed by atoms with Crippen LogP contribution in [-0.4, -0.2) is 24.3 Å². The van der Waals surface area contributed by atoms with Crippen LogP contribution in [0.4, 0.5) is 26.3 Å². The van der Waals surface area contributed by atoms with E-state index in [1.54, 1.807) is 0 Å². The van der Waals surface area contributed by atoms with Crippen LogP contribution >= 0.6 is 15.8 Å². The summed E-state index contributed by atoms with van der Waals surface area (Å²) in [5, 5.41) is 26.0. The summed E-state index contributed by atoms with van der Waals surface area (Å²) in [4.78, 5) is 17.6. The number of halogens is 6. The minimum absolute atomic E-state index is 0. The van der Waals surface area contributed by atoms with Gasteiger partial charge in [-0.1, -0.05) is 182 Å². The van der Waals surface area contributed by atoms with E-state index >= 15 is 0 Å². The molecule has 13 heteroatoms. The number of carboxylic acids is 2. The van der Waals surface area contributed by atoms with Crippen molar-refractivity contribution < 1.29 is 66.6 Å².